The second kappa shape index (κ2) is 13.6. The minimum Gasteiger partial charge on any atom is -1.00 e. The zero-order valence-electron chi connectivity index (χ0n) is 26.1. The molecule has 9 nitrogen and oxygen atoms in total. The lowest BCUT2D eigenvalue weighted by molar-refractivity contribution is -0.662. The van der Waals surface area contributed by atoms with Gasteiger partial charge in [0.1, 0.15) is 5.75 Å². The summed E-state index contributed by atoms with van der Waals surface area (Å²) in [5.41, 5.74) is 3.47. The fourth-order valence-corrected chi connectivity index (χ4v) is 6.41. The minimum atomic E-state index is -0.947. The first-order valence-electron chi connectivity index (χ1n) is 15.8. The third-order valence-corrected chi connectivity index (χ3v) is 8.95. The lowest BCUT2D eigenvalue weighted by Crippen LogP contribution is -3.00. The van der Waals surface area contributed by atoms with E-state index >= 15 is 0 Å². The van der Waals surface area contributed by atoms with Gasteiger partial charge in [-0.05, 0) is 62.8 Å². The number of halogens is 1. The molecule has 1 aromatic heterocycles. The molecule has 2 aliphatic heterocycles. The van der Waals surface area contributed by atoms with E-state index in [9.17, 15) is 9.59 Å². The number of hydrogen-bond acceptors (Lipinski definition) is 5. The van der Waals surface area contributed by atoms with E-state index in [4.69, 9.17) is 4.74 Å². The van der Waals surface area contributed by atoms with Gasteiger partial charge in [0.2, 0.25) is 5.91 Å². The van der Waals surface area contributed by atoms with E-state index in [0.29, 0.717) is 24.9 Å². The van der Waals surface area contributed by atoms with Crippen LogP contribution in [0.15, 0.2) is 60.9 Å². The van der Waals surface area contributed by atoms with Crippen molar-refractivity contribution in [3.63, 3.8) is 0 Å². The number of quaternary nitrogens is 1. The Morgan fingerprint density at radius 2 is 1.77 bits per heavy atom. The molecule has 3 fully saturated rings. The summed E-state index contributed by atoms with van der Waals surface area (Å²) in [4.78, 5) is 33.5. The number of aryl methyl sites for hydroxylation is 1. The second-order valence-electron chi connectivity index (χ2n) is 12.9. The largest absolute Gasteiger partial charge is 1.00 e. The van der Waals surface area contributed by atoms with Crippen LogP contribution in [0.5, 0.6) is 5.75 Å². The first-order chi connectivity index (χ1) is 20.8. The van der Waals surface area contributed by atoms with Crippen LogP contribution in [0, 0.1) is 5.92 Å². The summed E-state index contributed by atoms with van der Waals surface area (Å²) in [6, 6.07) is 16.9. The van der Waals surface area contributed by atoms with Crippen LogP contribution >= 0.6 is 0 Å². The SMILES string of the molecule is Cn1cc(-c2ccc(CN(C(=O)[C@@H]3CCCN(c4cccc(OC(C)(C)C(=O)N5CC[NH2+]CC5)c4)C3)C3CC3)cc2)cn1.[Cl-]. The number of nitrogens with zero attached hydrogens (tertiary/aromatic N) is 5. The van der Waals surface area contributed by atoms with Crippen LogP contribution in [0.2, 0.25) is 0 Å². The van der Waals surface area contributed by atoms with Gasteiger partial charge in [0, 0.05) is 56.2 Å². The predicted octanol–water partition coefficient (Wildman–Crippen LogP) is 0.0617. The molecule has 0 spiro atoms. The highest BCUT2D eigenvalue weighted by Crippen LogP contribution is 2.34. The third-order valence-electron chi connectivity index (χ3n) is 8.95. The van der Waals surface area contributed by atoms with E-state index < -0.39 is 5.60 Å². The number of aromatic nitrogens is 2. The fourth-order valence-electron chi connectivity index (χ4n) is 6.41. The Morgan fingerprint density at radius 1 is 1.02 bits per heavy atom. The highest BCUT2D eigenvalue weighted by atomic mass is 35.5. The van der Waals surface area contributed by atoms with Gasteiger partial charge < -0.3 is 37.2 Å². The molecule has 3 aliphatic rings. The Labute approximate surface area is 266 Å². The van der Waals surface area contributed by atoms with Crippen LogP contribution in [0.4, 0.5) is 5.69 Å². The highest BCUT2D eigenvalue weighted by molar-refractivity contribution is 5.85. The molecule has 10 heteroatoms. The molecule has 1 aliphatic carbocycles. The Kier molecular flexibility index (Phi) is 9.85. The molecule has 2 amide bonds. The molecule has 2 saturated heterocycles. The van der Waals surface area contributed by atoms with Gasteiger partial charge in [-0.15, -0.1) is 0 Å². The molecule has 3 aromatic rings. The number of amides is 2. The summed E-state index contributed by atoms with van der Waals surface area (Å²) >= 11 is 0. The van der Waals surface area contributed by atoms with Gasteiger partial charge >= 0.3 is 0 Å². The molecule has 236 valence electrons. The number of hydrogen-bond donors (Lipinski definition) is 1. The molecule has 1 saturated carbocycles. The van der Waals surface area contributed by atoms with E-state index in [2.05, 4.69) is 50.5 Å². The average molecular weight is 621 g/mol. The van der Waals surface area contributed by atoms with Crippen LogP contribution in [0.3, 0.4) is 0 Å². The highest BCUT2D eigenvalue weighted by Gasteiger charge is 2.38. The number of benzene rings is 2. The van der Waals surface area contributed by atoms with Gasteiger partial charge in [-0.1, -0.05) is 30.3 Å². The maximum Gasteiger partial charge on any atom is 0.266 e. The smallest absolute Gasteiger partial charge is 0.266 e. The number of anilines is 1. The molecule has 2 aromatic carbocycles. The number of rotatable bonds is 9. The normalized spacial score (nSPS) is 18.8. The van der Waals surface area contributed by atoms with Crippen molar-refractivity contribution in [3.8, 4) is 16.9 Å². The van der Waals surface area contributed by atoms with Crippen LogP contribution in [-0.2, 0) is 23.2 Å². The number of piperazine rings is 1. The standard InChI is InChI=1S/C34H44N6O3.ClH/c1-34(2,33(42)38-18-15-35-16-19-38)43-31-8-4-7-30(20-31)39-17-5-6-27(24-39)32(41)40(29-13-14-29)22-25-9-11-26(12-10-25)28-21-36-37(3)23-28;/h4,7-12,20-21,23,27,29,35H,5-6,13-19,22,24H2,1-3H3;1H/t27-;/m1./s1. The molecule has 6 rings (SSSR count). The van der Waals surface area contributed by atoms with Gasteiger partial charge in [0.15, 0.2) is 5.60 Å². The number of ether oxygens (including phenoxy) is 1. The quantitative estimate of drug-likeness (QED) is 0.366. The fraction of sp³-hybridized carbons (Fsp3) is 0.500. The summed E-state index contributed by atoms with van der Waals surface area (Å²) in [6.45, 7) is 9.33. The number of carbonyl (C=O) groups excluding carboxylic acids is 2. The summed E-state index contributed by atoms with van der Waals surface area (Å²) in [5, 5.41) is 6.52. The van der Waals surface area contributed by atoms with Gasteiger partial charge in [0.25, 0.3) is 5.91 Å². The molecular formula is C34H45ClN6O3. The van der Waals surface area contributed by atoms with Crippen LogP contribution in [0.1, 0.15) is 45.1 Å². The van der Waals surface area contributed by atoms with E-state index in [1.807, 2.05) is 61.1 Å². The molecule has 0 radical (unpaired) electrons. The molecule has 0 unspecified atom stereocenters. The lowest BCUT2D eigenvalue weighted by Gasteiger charge is -2.37. The van der Waals surface area contributed by atoms with Crippen LogP contribution < -0.4 is 27.4 Å². The van der Waals surface area contributed by atoms with Gasteiger partial charge in [-0.3, -0.25) is 14.3 Å². The van der Waals surface area contributed by atoms with Crippen molar-refractivity contribution in [3.05, 3.63) is 66.5 Å². The summed E-state index contributed by atoms with van der Waals surface area (Å²) in [6.07, 6.45) is 7.93. The second-order valence-corrected chi connectivity index (χ2v) is 12.9. The molecule has 0 bridgehead atoms. The van der Waals surface area contributed by atoms with Crippen LogP contribution in [-0.4, -0.2) is 82.3 Å². The van der Waals surface area contributed by atoms with Crippen molar-refractivity contribution in [2.75, 3.05) is 44.2 Å². The Balaban J connectivity index is 0.00000384. The minimum absolute atomic E-state index is 0. The number of nitrogens with two attached hydrogens (primary N) is 1. The first kappa shape index (κ1) is 31.9. The lowest BCUT2D eigenvalue weighted by atomic mass is 9.95. The maximum absolute atomic E-state index is 14.0. The van der Waals surface area contributed by atoms with Crippen molar-refractivity contribution in [2.45, 2.75) is 57.7 Å². The average Bonchev–Trinajstić information content (AvgIpc) is 3.78. The Bertz CT molecular complexity index is 1430. The van der Waals surface area contributed by atoms with Gasteiger partial charge in [-0.2, -0.15) is 5.10 Å². The van der Waals surface area contributed by atoms with Crippen molar-refractivity contribution in [1.82, 2.24) is 19.6 Å². The third kappa shape index (κ3) is 7.38. The molecule has 44 heavy (non-hydrogen) atoms. The van der Waals surface area contributed by atoms with E-state index in [0.717, 1.165) is 80.8 Å². The molecule has 3 heterocycles. The van der Waals surface area contributed by atoms with Crippen LogP contribution in [0.25, 0.3) is 11.1 Å². The maximum atomic E-state index is 14.0. The molecule has 1 atom stereocenters. The molecule has 2 N–H and O–H groups in total. The predicted molar refractivity (Wildman–Crippen MR) is 167 cm³/mol. The first-order valence-corrected chi connectivity index (χ1v) is 15.8. The van der Waals surface area contributed by atoms with E-state index in [-0.39, 0.29) is 30.1 Å². The van der Waals surface area contributed by atoms with Crippen molar-refractivity contribution in [1.29, 1.82) is 0 Å². The zero-order chi connectivity index (χ0) is 30.0. The monoisotopic (exact) mass is 620 g/mol. The summed E-state index contributed by atoms with van der Waals surface area (Å²) in [7, 11) is 1.92. The Morgan fingerprint density at radius 3 is 2.45 bits per heavy atom. The summed E-state index contributed by atoms with van der Waals surface area (Å²) in [5.74, 6) is 0.938. The van der Waals surface area contributed by atoms with Crippen molar-refractivity contribution >= 4 is 17.5 Å². The Hall–Kier alpha value is -3.56. The van der Waals surface area contributed by atoms with Gasteiger partial charge in [-0.25, -0.2) is 0 Å². The van der Waals surface area contributed by atoms with Gasteiger partial charge in [0.05, 0.1) is 38.3 Å². The zero-order valence-corrected chi connectivity index (χ0v) is 26.9. The van der Waals surface area contributed by atoms with E-state index in [1.54, 1.807) is 0 Å². The summed E-state index contributed by atoms with van der Waals surface area (Å²) < 4.78 is 8.11. The topological polar surface area (TPSA) is 87.5 Å². The van der Waals surface area contributed by atoms with Crippen molar-refractivity contribution < 1.29 is 32.0 Å². The number of carbonyl (C=O) groups is 2. The van der Waals surface area contributed by atoms with Crippen molar-refractivity contribution in [2.24, 2.45) is 13.0 Å². The molecular weight excluding hydrogens is 576 g/mol. The van der Waals surface area contributed by atoms with E-state index in [1.165, 1.54) is 0 Å². The number of piperidine rings is 1.